The molecule has 0 fully saturated rings. The Kier molecular flexibility index (Phi) is 10.8. The third-order valence-electron chi connectivity index (χ3n) is 4.58. The molecular formula is C21H32FN3O3. The molecule has 3 amide bonds. The molecule has 2 atom stereocenters. The molecule has 0 bridgehead atoms. The number of hydrogen-bond acceptors (Lipinski definition) is 3. The van der Waals surface area contributed by atoms with E-state index in [-0.39, 0.29) is 6.42 Å². The lowest BCUT2D eigenvalue weighted by molar-refractivity contribution is -0.131. The zero-order chi connectivity index (χ0) is 20.9. The highest BCUT2D eigenvalue weighted by Gasteiger charge is 2.25. The first kappa shape index (κ1) is 23.6. The molecule has 0 aromatic heterocycles. The predicted octanol–water partition coefficient (Wildman–Crippen LogP) is 2.59. The van der Waals surface area contributed by atoms with Crippen LogP contribution in [0.4, 0.5) is 4.39 Å². The quantitative estimate of drug-likeness (QED) is 0.449. The Bertz CT molecular complexity index is 652. The molecule has 0 aliphatic rings. The van der Waals surface area contributed by atoms with Crippen LogP contribution < -0.4 is 16.4 Å². The van der Waals surface area contributed by atoms with Crippen LogP contribution in [-0.2, 0) is 20.8 Å². The normalized spacial score (nSPS) is 12.8. The molecule has 0 aliphatic heterocycles. The third-order valence-corrected chi connectivity index (χ3v) is 4.58. The summed E-state index contributed by atoms with van der Waals surface area (Å²) in [5.41, 5.74) is 5.73. The van der Waals surface area contributed by atoms with Crippen LogP contribution in [0.3, 0.4) is 0 Å². The summed E-state index contributed by atoms with van der Waals surface area (Å²) in [5, 5.41) is 5.13. The SMILES string of the molecule is CCCCCCCC[C@@H](NC(=O)[C@H](Cc1ccccc1F)NC(C)=O)C(N)=O. The summed E-state index contributed by atoms with van der Waals surface area (Å²) in [6.45, 7) is 3.43. The molecule has 7 heteroatoms. The fraction of sp³-hybridized carbons (Fsp3) is 0.571. The molecule has 0 heterocycles. The van der Waals surface area contributed by atoms with Crippen molar-refractivity contribution in [2.45, 2.75) is 77.3 Å². The van der Waals surface area contributed by atoms with Gasteiger partial charge in [0.05, 0.1) is 0 Å². The summed E-state index contributed by atoms with van der Waals surface area (Å²) in [7, 11) is 0. The fourth-order valence-electron chi connectivity index (χ4n) is 3.03. The molecule has 0 aliphatic carbocycles. The molecular weight excluding hydrogens is 361 g/mol. The highest BCUT2D eigenvalue weighted by atomic mass is 19.1. The molecule has 1 rings (SSSR count). The van der Waals surface area contributed by atoms with E-state index in [0.29, 0.717) is 12.0 Å². The van der Waals surface area contributed by atoms with Gasteiger partial charge in [0.15, 0.2) is 0 Å². The summed E-state index contributed by atoms with van der Waals surface area (Å²) in [5.74, 6) is -2.03. The van der Waals surface area contributed by atoms with Gasteiger partial charge >= 0.3 is 0 Å². The Morgan fingerprint density at radius 1 is 1.00 bits per heavy atom. The van der Waals surface area contributed by atoms with E-state index in [1.165, 1.54) is 19.4 Å². The Balaban J connectivity index is 2.67. The number of carbonyl (C=O) groups excluding carboxylic acids is 3. The van der Waals surface area contributed by atoms with Crippen molar-refractivity contribution in [1.29, 1.82) is 0 Å². The van der Waals surface area contributed by atoms with Gasteiger partial charge < -0.3 is 16.4 Å². The Morgan fingerprint density at radius 3 is 2.25 bits per heavy atom. The summed E-state index contributed by atoms with van der Waals surface area (Å²) >= 11 is 0. The van der Waals surface area contributed by atoms with Crippen LogP contribution >= 0.6 is 0 Å². The number of amides is 3. The van der Waals surface area contributed by atoms with E-state index in [1.807, 2.05) is 0 Å². The van der Waals surface area contributed by atoms with Gasteiger partial charge in [-0.2, -0.15) is 0 Å². The molecule has 0 radical (unpaired) electrons. The zero-order valence-electron chi connectivity index (χ0n) is 16.8. The van der Waals surface area contributed by atoms with Crippen molar-refractivity contribution in [2.24, 2.45) is 5.73 Å². The summed E-state index contributed by atoms with van der Waals surface area (Å²) in [6, 6.07) is 4.26. The van der Waals surface area contributed by atoms with E-state index in [9.17, 15) is 18.8 Å². The van der Waals surface area contributed by atoms with Gasteiger partial charge in [0.2, 0.25) is 17.7 Å². The molecule has 0 saturated carbocycles. The number of benzene rings is 1. The van der Waals surface area contributed by atoms with Crippen molar-refractivity contribution >= 4 is 17.7 Å². The van der Waals surface area contributed by atoms with Gasteiger partial charge in [0.1, 0.15) is 17.9 Å². The molecule has 156 valence electrons. The van der Waals surface area contributed by atoms with Crippen molar-refractivity contribution in [3.63, 3.8) is 0 Å². The largest absolute Gasteiger partial charge is 0.368 e. The van der Waals surface area contributed by atoms with Gasteiger partial charge in [-0.05, 0) is 18.1 Å². The maximum Gasteiger partial charge on any atom is 0.243 e. The van der Waals surface area contributed by atoms with Crippen LogP contribution in [0.25, 0.3) is 0 Å². The summed E-state index contributed by atoms with van der Waals surface area (Å²) in [6.07, 6.45) is 6.74. The highest BCUT2D eigenvalue weighted by Crippen LogP contribution is 2.11. The minimum Gasteiger partial charge on any atom is -0.368 e. The highest BCUT2D eigenvalue weighted by molar-refractivity contribution is 5.91. The number of carbonyl (C=O) groups is 3. The monoisotopic (exact) mass is 393 g/mol. The van der Waals surface area contributed by atoms with Crippen molar-refractivity contribution in [1.82, 2.24) is 10.6 Å². The van der Waals surface area contributed by atoms with E-state index in [2.05, 4.69) is 17.6 Å². The molecule has 6 nitrogen and oxygen atoms in total. The van der Waals surface area contributed by atoms with Gasteiger partial charge in [0.25, 0.3) is 0 Å². The first-order chi connectivity index (χ1) is 13.3. The number of rotatable bonds is 13. The standard InChI is InChI=1S/C21H32FN3O3/c1-3-4-5-6-7-8-13-18(20(23)27)25-21(28)19(24-15(2)26)14-16-11-9-10-12-17(16)22/h9-12,18-19H,3-8,13-14H2,1-2H3,(H2,23,27)(H,24,26)(H,25,28)/t18-,19+/m1/s1. The van der Waals surface area contributed by atoms with Crippen LogP contribution in [0.15, 0.2) is 24.3 Å². The summed E-state index contributed by atoms with van der Waals surface area (Å²) < 4.78 is 13.9. The van der Waals surface area contributed by atoms with Crippen molar-refractivity contribution < 1.29 is 18.8 Å². The predicted molar refractivity (Wildman–Crippen MR) is 107 cm³/mol. The second-order valence-electron chi connectivity index (χ2n) is 7.07. The van der Waals surface area contributed by atoms with E-state index >= 15 is 0 Å². The molecule has 1 aromatic carbocycles. The second kappa shape index (κ2) is 12.9. The Hall–Kier alpha value is -2.44. The molecule has 4 N–H and O–H groups in total. The van der Waals surface area contributed by atoms with E-state index in [0.717, 1.165) is 32.1 Å². The smallest absolute Gasteiger partial charge is 0.243 e. The maximum atomic E-state index is 13.9. The summed E-state index contributed by atoms with van der Waals surface area (Å²) in [4.78, 5) is 35.8. The lowest BCUT2D eigenvalue weighted by atomic mass is 10.0. The number of nitrogens with two attached hydrogens (primary N) is 1. The second-order valence-corrected chi connectivity index (χ2v) is 7.07. The minimum absolute atomic E-state index is 0.0133. The topological polar surface area (TPSA) is 101 Å². The van der Waals surface area contributed by atoms with Gasteiger partial charge in [-0.25, -0.2) is 4.39 Å². The average Bonchev–Trinajstić information content (AvgIpc) is 2.64. The Morgan fingerprint density at radius 2 is 1.64 bits per heavy atom. The number of halogens is 1. The van der Waals surface area contributed by atoms with Gasteiger partial charge in [0, 0.05) is 13.3 Å². The van der Waals surface area contributed by atoms with Crippen LogP contribution in [0.2, 0.25) is 0 Å². The number of hydrogen-bond donors (Lipinski definition) is 3. The zero-order valence-corrected chi connectivity index (χ0v) is 16.8. The van der Waals surface area contributed by atoms with Crippen LogP contribution in [0, 0.1) is 5.82 Å². The third kappa shape index (κ3) is 8.97. The maximum absolute atomic E-state index is 13.9. The molecule has 0 spiro atoms. The lowest BCUT2D eigenvalue weighted by Gasteiger charge is -2.22. The van der Waals surface area contributed by atoms with Crippen molar-refractivity contribution in [3.05, 3.63) is 35.6 Å². The average molecular weight is 394 g/mol. The van der Waals surface area contributed by atoms with E-state index in [4.69, 9.17) is 5.73 Å². The molecule has 1 aromatic rings. The van der Waals surface area contributed by atoms with Crippen LogP contribution in [-0.4, -0.2) is 29.8 Å². The lowest BCUT2D eigenvalue weighted by Crippen LogP contribution is -2.53. The van der Waals surface area contributed by atoms with Gasteiger partial charge in [-0.15, -0.1) is 0 Å². The minimum atomic E-state index is -0.985. The van der Waals surface area contributed by atoms with Gasteiger partial charge in [-0.1, -0.05) is 63.6 Å². The Labute approximate surface area is 166 Å². The van der Waals surface area contributed by atoms with Crippen molar-refractivity contribution in [2.75, 3.05) is 0 Å². The first-order valence-corrected chi connectivity index (χ1v) is 9.95. The number of nitrogens with one attached hydrogen (secondary N) is 2. The number of unbranched alkanes of at least 4 members (excludes halogenated alkanes) is 5. The van der Waals surface area contributed by atoms with Gasteiger partial charge in [-0.3, -0.25) is 14.4 Å². The molecule has 0 unspecified atom stereocenters. The first-order valence-electron chi connectivity index (χ1n) is 9.95. The van der Waals surface area contributed by atoms with Crippen LogP contribution in [0.5, 0.6) is 0 Å². The van der Waals surface area contributed by atoms with Crippen molar-refractivity contribution in [3.8, 4) is 0 Å². The molecule has 0 saturated heterocycles. The molecule has 28 heavy (non-hydrogen) atoms. The fourth-order valence-corrected chi connectivity index (χ4v) is 3.03. The number of primary amides is 1. The van der Waals surface area contributed by atoms with E-state index in [1.54, 1.807) is 18.2 Å². The van der Waals surface area contributed by atoms with E-state index < -0.39 is 35.6 Å². The van der Waals surface area contributed by atoms with Crippen LogP contribution in [0.1, 0.15) is 64.4 Å².